The normalized spacial score (nSPS) is 11.8. The van der Waals surface area contributed by atoms with Crippen molar-refractivity contribution in [1.29, 1.82) is 0 Å². The Hall–Kier alpha value is -3.93. The number of ether oxygens (including phenoxy) is 1. The third-order valence-corrected chi connectivity index (χ3v) is 4.92. The van der Waals surface area contributed by atoms with E-state index in [0.717, 1.165) is 5.56 Å². The molecule has 6 heteroatoms. The van der Waals surface area contributed by atoms with Gasteiger partial charge in [0, 0.05) is 6.07 Å². The lowest BCUT2D eigenvalue weighted by atomic mass is 10.0. The minimum absolute atomic E-state index is 0.0801. The number of amides is 1. The maximum Gasteiger partial charge on any atom is 0.265 e. The number of para-hydroxylation sites is 1. The van der Waals surface area contributed by atoms with E-state index in [9.17, 15) is 14.0 Å². The third-order valence-electron chi connectivity index (χ3n) is 4.92. The molecule has 1 amide bonds. The van der Waals surface area contributed by atoms with Crippen LogP contribution in [0.5, 0.6) is 5.75 Å². The molecule has 0 spiro atoms. The lowest BCUT2D eigenvalue weighted by Gasteiger charge is -2.15. The predicted octanol–water partition coefficient (Wildman–Crippen LogP) is 5.31. The standard InChI is InChI=1S/C25H20FNO4/c1-15-23(17-8-4-3-5-9-17)24(28)19-13-12-18(14-22(19)31-15)30-16(2)25(29)27-21-11-7-6-10-20(21)26/h3-14,16H,1-2H3,(H,27,29)/t16-/m1/s1. The van der Waals surface area contributed by atoms with E-state index >= 15 is 0 Å². The van der Waals surface area contributed by atoms with Crippen LogP contribution < -0.4 is 15.5 Å². The summed E-state index contributed by atoms with van der Waals surface area (Å²) in [4.78, 5) is 25.4. The number of benzene rings is 3. The number of rotatable bonds is 5. The van der Waals surface area contributed by atoms with E-state index in [1.807, 2.05) is 30.3 Å². The number of nitrogens with one attached hydrogen (secondary N) is 1. The molecule has 0 radical (unpaired) electrons. The van der Waals surface area contributed by atoms with Gasteiger partial charge in [-0.2, -0.15) is 0 Å². The minimum atomic E-state index is -0.895. The fourth-order valence-electron chi connectivity index (χ4n) is 3.35. The van der Waals surface area contributed by atoms with Gasteiger partial charge < -0.3 is 14.5 Å². The molecule has 0 fully saturated rings. The molecule has 0 aliphatic carbocycles. The smallest absolute Gasteiger partial charge is 0.265 e. The maximum absolute atomic E-state index is 13.7. The second-order valence-corrected chi connectivity index (χ2v) is 7.12. The Morgan fingerprint density at radius 3 is 2.48 bits per heavy atom. The molecule has 5 nitrogen and oxygen atoms in total. The molecule has 1 aromatic heterocycles. The zero-order valence-electron chi connectivity index (χ0n) is 17.0. The van der Waals surface area contributed by atoms with Crippen molar-refractivity contribution in [2.24, 2.45) is 0 Å². The zero-order valence-corrected chi connectivity index (χ0v) is 17.0. The SMILES string of the molecule is Cc1oc2cc(O[C@H](C)C(=O)Nc3ccccc3F)ccc2c(=O)c1-c1ccccc1. The van der Waals surface area contributed by atoms with E-state index in [2.05, 4.69) is 5.32 Å². The number of hydrogen-bond donors (Lipinski definition) is 1. The van der Waals surface area contributed by atoms with Gasteiger partial charge in [0.2, 0.25) is 5.43 Å². The Morgan fingerprint density at radius 1 is 1.03 bits per heavy atom. The number of fused-ring (bicyclic) bond motifs is 1. The number of anilines is 1. The van der Waals surface area contributed by atoms with Crippen LogP contribution in [0.15, 0.2) is 82.0 Å². The third kappa shape index (κ3) is 4.19. The summed E-state index contributed by atoms with van der Waals surface area (Å²) in [6.07, 6.45) is -0.895. The summed E-state index contributed by atoms with van der Waals surface area (Å²) >= 11 is 0. The number of carbonyl (C=O) groups is 1. The number of carbonyl (C=O) groups excluding carboxylic acids is 1. The van der Waals surface area contributed by atoms with E-state index in [1.54, 1.807) is 44.2 Å². The van der Waals surface area contributed by atoms with Gasteiger partial charge in [0.1, 0.15) is 22.9 Å². The molecule has 0 saturated carbocycles. The van der Waals surface area contributed by atoms with Crippen molar-refractivity contribution in [2.75, 3.05) is 5.32 Å². The Labute approximate surface area is 178 Å². The van der Waals surface area contributed by atoms with Crippen LogP contribution in [0.1, 0.15) is 12.7 Å². The molecule has 1 N–H and O–H groups in total. The van der Waals surface area contributed by atoms with Crippen molar-refractivity contribution in [3.8, 4) is 16.9 Å². The quantitative estimate of drug-likeness (QED) is 0.478. The van der Waals surface area contributed by atoms with Gasteiger partial charge >= 0.3 is 0 Å². The van der Waals surface area contributed by atoms with E-state index in [-0.39, 0.29) is 11.1 Å². The van der Waals surface area contributed by atoms with Gasteiger partial charge in [-0.3, -0.25) is 9.59 Å². The largest absolute Gasteiger partial charge is 0.481 e. The topological polar surface area (TPSA) is 68.5 Å². The molecule has 31 heavy (non-hydrogen) atoms. The second kappa shape index (κ2) is 8.44. The highest BCUT2D eigenvalue weighted by molar-refractivity contribution is 5.94. The van der Waals surface area contributed by atoms with E-state index in [0.29, 0.717) is 28.0 Å². The lowest BCUT2D eigenvalue weighted by molar-refractivity contribution is -0.122. The van der Waals surface area contributed by atoms with E-state index in [4.69, 9.17) is 9.15 Å². The molecule has 4 rings (SSSR count). The first kappa shape index (κ1) is 20.3. The van der Waals surface area contributed by atoms with Gasteiger partial charge in [0.15, 0.2) is 6.10 Å². The van der Waals surface area contributed by atoms with Crippen molar-refractivity contribution >= 4 is 22.6 Å². The second-order valence-electron chi connectivity index (χ2n) is 7.12. The summed E-state index contributed by atoms with van der Waals surface area (Å²) in [5.41, 5.74) is 1.61. The molecule has 0 bridgehead atoms. The van der Waals surface area contributed by atoms with Crippen molar-refractivity contribution in [3.63, 3.8) is 0 Å². The molecule has 156 valence electrons. The molecule has 1 atom stereocenters. The molecule has 3 aromatic carbocycles. The fraction of sp³-hybridized carbons (Fsp3) is 0.120. The van der Waals surface area contributed by atoms with Gasteiger partial charge in [-0.05, 0) is 43.7 Å². The van der Waals surface area contributed by atoms with Gasteiger partial charge in [0.05, 0.1) is 16.6 Å². The summed E-state index contributed by atoms with van der Waals surface area (Å²) in [5.74, 6) is -0.174. The highest BCUT2D eigenvalue weighted by Gasteiger charge is 2.18. The summed E-state index contributed by atoms with van der Waals surface area (Å²) < 4.78 is 25.3. The van der Waals surface area contributed by atoms with Crippen LogP contribution in [-0.4, -0.2) is 12.0 Å². The number of halogens is 1. The van der Waals surface area contributed by atoms with Crippen LogP contribution in [0.2, 0.25) is 0 Å². The van der Waals surface area contributed by atoms with Crippen LogP contribution in [0.25, 0.3) is 22.1 Å². The van der Waals surface area contributed by atoms with Crippen LogP contribution in [0.4, 0.5) is 10.1 Å². The van der Waals surface area contributed by atoms with Crippen molar-refractivity contribution in [1.82, 2.24) is 0 Å². The summed E-state index contributed by atoms with van der Waals surface area (Å²) in [6.45, 7) is 3.29. The summed E-state index contributed by atoms with van der Waals surface area (Å²) in [7, 11) is 0. The summed E-state index contributed by atoms with van der Waals surface area (Å²) in [6, 6.07) is 20.0. The Morgan fingerprint density at radius 2 is 1.74 bits per heavy atom. The van der Waals surface area contributed by atoms with Crippen LogP contribution in [0, 0.1) is 12.7 Å². The molecule has 0 saturated heterocycles. The fourth-order valence-corrected chi connectivity index (χ4v) is 3.35. The summed E-state index contributed by atoms with van der Waals surface area (Å²) in [5, 5.41) is 2.92. The monoisotopic (exact) mass is 417 g/mol. The Balaban J connectivity index is 1.59. The Bertz CT molecular complexity index is 1310. The average Bonchev–Trinajstić information content (AvgIpc) is 2.76. The van der Waals surface area contributed by atoms with Crippen LogP contribution in [0.3, 0.4) is 0 Å². The van der Waals surface area contributed by atoms with Gasteiger partial charge in [-0.25, -0.2) is 4.39 Å². The van der Waals surface area contributed by atoms with Gasteiger partial charge in [0.25, 0.3) is 5.91 Å². The first-order valence-electron chi connectivity index (χ1n) is 9.79. The minimum Gasteiger partial charge on any atom is -0.481 e. The molecular weight excluding hydrogens is 397 g/mol. The maximum atomic E-state index is 13.7. The van der Waals surface area contributed by atoms with E-state index < -0.39 is 17.8 Å². The zero-order chi connectivity index (χ0) is 22.0. The highest BCUT2D eigenvalue weighted by Crippen LogP contribution is 2.26. The molecule has 0 unspecified atom stereocenters. The number of hydrogen-bond acceptors (Lipinski definition) is 4. The lowest BCUT2D eigenvalue weighted by Crippen LogP contribution is -2.30. The molecule has 0 aliphatic rings. The highest BCUT2D eigenvalue weighted by atomic mass is 19.1. The molecule has 0 aliphatic heterocycles. The van der Waals surface area contributed by atoms with Crippen molar-refractivity contribution in [2.45, 2.75) is 20.0 Å². The first-order chi connectivity index (χ1) is 14.9. The van der Waals surface area contributed by atoms with Gasteiger partial charge in [-0.15, -0.1) is 0 Å². The Kier molecular flexibility index (Phi) is 5.54. The average molecular weight is 417 g/mol. The predicted molar refractivity (Wildman–Crippen MR) is 118 cm³/mol. The van der Waals surface area contributed by atoms with Crippen LogP contribution >= 0.6 is 0 Å². The molecule has 1 heterocycles. The first-order valence-corrected chi connectivity index (χ1v) is 9.79. The molecular formula is C25H20FNO4. The van der Waals surface area contributed by atoms with E-state index in [1.165, 1.54) is 12.1 Å². The molecule has 4 aromatic rings. The van der Waals surface area contributed by atoms with Gasteiger partial charge in [-0.1, -0.05) is 42.5 Å². The van der Waals surface area contributed by atoms with Crippen LogP contribution in [-0.2, 0) is 4.79 Å². The van der Waals surface area contributed by atoms with Crippen molar-refractivity contribution < 1.29 is 18.3 Å². The number of aryl methyl sites for hydroxylation is 1. The van der Waals surface area contributed by atoms with Crippen molar-refractivity contribution in [3.05, 3.63) is 94.6 Å².